The maximum Gasteiger partial charge on any atom is 0.273 e. The summed E-state index contributed by atoms with van der Waals surface area (Å²) in [7, 11) is 0. The van der Waals surface area contributed by atoms with Crippen molar-refractivity contribution in [2.75, 3.05) is 13.2 Å². The predicted octanol–water partition coefficient (Wildman–Crippen LogP) is 2.91. The van der Waals surface area contributed by atoms with Crippen LogP contribution >= 0.6 is 0 Å². The number of ether oxygens (including phenoxy) is 1. The Morgan fingerprint density at radius 3 is 2.46 bits per heavy atom. The normalized spacial score (nSPS) is 11.8. The van der Waals surface area contributed by atoms with Gasteiger partial charge in [0.05, 0.1) is 11.0 Å². The molecule has 0 aliphatic carbocycles. The lowest BCUT2D eigenvalue weighted by Crippen LogP contribution is -2.35. The Hall–Kier alpha value is -2.93. The van der Waals surface area contributed by atoms with Gasteiger partial charge in [0, 0.05) is 18.7 Å². The van der Waals surface area contributed by atoms with Crippen LogP contribution in [0, 0.1) is 10.1 Å². The van der Waals surface area contributed by atoms with Gasteiger partial charge in [0.25, 0.3) is 11.6 Å². The van der Waals surface area contributed by atoms with E-state index in [-0.39, 0.29) is 36.5 Å². The average Bonchev–Trinajstić information content (AvgIpc) is 2.64. The number of nitrogens with zero attached hydrogens (tertiary/aromatic N) is 1. The molecule has 0 heterocycles. The van der Waals surface area contributed by atoms with E-state index in [2.05, 4.69) is 19.2 Å². The van der Waals surface area contributed by atoms with Crippen LogP contribution in [0.3, 0.4) is 0 Å². The number of benzene rings is 2. The zero-order chi connectivity index (χ0) is 19.1. The highest BCUT2D eigenvalue weighted by Gasteiger charge is 2.11. The number of hydrogen-bond acceptors (Lipinski definition) is 5. The maximum absolute atomic E-state index is 11.9. The van der Waals surface area contributed by atoms with Crippen molar-refractivity contribution in [2.45, 2.75) is 25.8 Å². The van der Waals surface area contributed by atoms with Crippen LogP contribution in [0.25, 0.3) is 0 Å². The van der Waals surface area contributed by atoms with Crippen LogP contribution in [-0.2, 0) is 4.79 Å². The highest BCUT2D eigenvalue weighted by Crippen LogP contribution is 2.19. The molecule has 0 fully saturated rings. The van der Waals surface area contributed by atoms with E-state index in [0.717, 1.165) is 5.56 Å². The van der Waals surface area contributed by atoms with E-state index < -0.39 is 4.92 Å². The van der Waals surface area contributed by atoms with E-state index in [1.807, 2.05) is 24.3 Å². The largest absolute Gasteiger partial charge is 0.484 e. The quantitative estimate of drug-likeness (QED) is 0.558. The van der Waals surface area contributed by atoms with Crippen molar-refractivity contribution in [3.05, 3.63) is 69.8 Å². The zero-order valence-corrected chi connectivity index (χ0v) is 14.8. The van der Waals surface area contributed by atoms with Crippen LogP contribution in [0.15, 0.2) is 48.5 Å². The SMILES string of the molecule is CC(C)c1ccc(C(N)CNC(=O)COc2cccc([N+](=O)[O-])c2)cc1. The number of amides is 1. The fraction of sp³-hybridized carbons (Fsp3) is 0.316. The minimum absolute atomic E-state index is 0.0882. The van der Waals surface area contributed by atoms with Crippen LogP contribution in [0.2, 0.25) is 0 Å². The molecule has 2 aromatic rings. The molecule has 0 aliphatic heterocycles. The van der Waals surface area contributed by atoms with Crippen LogP contribution < -0.4 is 15.8 Å². The van der Waals surface area contributed by atoms with Crippen molar-refractivity contribution >= 4 is 11.6 Å². The molecule has 7 nitrogen and oxygen atoms in total. The Bertz CT molecular complexity index is 760. The standard InChI is InChI=1S/C19H23N3O4/c1-13(2)14-6-8-15(9-7-14)18(20)11-21-19(23)12-26-17-5-3-4-16(10-17)22(24)25/h3-10,13,18H,11-12,20H2,1-2H3,(H,21,23). The minimum atomic E-state index is -0.517. The number of nitrogens with one attached hydrogen (secondary N) is 1. The van der Waals surface area contributed by atoms with Gasteiger partial charge in [0.1, 0.15) is 5.75 Å². The summed E-state index contributed by atoms with van der Waals surface area (Å²) in [5, 5.41) is 13.4. The first-order chi connectivity index (χ1) is 12.4. The van der Waals surface area contributed by atoms with Gasteiger partial charge in [-0.1, -0.05) is 44.2 Å². The van der Waals surface area contributed by atoms with Gasteiger partial charge in [-0.2, -0.15) is 0 Å². The molecule has 138 valence electrons. The lowest BCUT2D eigenvalue weighted by Gasteiger charge is -2.15. The molecule has 1 atom stereocenters. The summed E-state index contributed by atoms with van der Waals surface area (Å²) in [4.78, 5) is 22.1. The summed E-state index contributed by atoms with van der Waals surface area (Å²) < 4.78 is 5.28. The van der Waals surface area contributed by atoms with Gasteiger partial charge >= 0.3 is 0 Å². The number of non-ortho nitro benzene ring substituents is 1. The van der Waals surface area contributed by atoms with E-state index in [0.29, 0.717) is 5.92 Å². The lowest BCUT2D eigenvalue weighted by atomic mass is 9.99. The second kappa shape index (κ2) is 8.96. The van der Waals surface area contributed by atoms with Gasteiger partial charge in [-0.3, -0.25) is 14.9 Å². The van der Waals surface area contributed by atoms with Crippen molar-refractivity contribution in [1.82, 2.24) is 5.32 Å². The van der Waals surface area contributed by atoms with Crippen LogP contribution in [-0.4, -0.2) is 24.0 Å². The third-order valence-electron chi connectivity index (χ3n) is 3.95. The fourth-order valence-corrected chi connectivity index (χ4v) is 2.36. The molecule has 0 aliphatic rings. The van der Waals surface area contributed by atoms with Crippen molar-refractivity contribution in [1.29, 1.82) is 0 Å². The van der Waals surface area contributed by atoms with E-state index in [1.54, 1.807) is 6.07 Å². The van der Waals surface area contributed by atoms with Crippen molar-refractivity contribution < 1.29 is 14.5 Å². The number of nitro benzene ring substituents is 1. The Morgan fingerprint density at radius 2 is 1.85 bits per heavy atom. The van der Waals surface area contributed by atoms with E-state index >= 15 is 0 Å². The van der Waals surface area contributed by atoms with Crippen molar-refractivity contribution in [3.8, 4) is 5.75 Å². The summed E-state index contributed by atoms with van der Waals surface area (Å²) >= 11 is 0. The molecule has 0 saturated carbocycles. The number of carbonyl (C=O) groups is 1. The smallest absolute Gasteiger partial charge is 0.273 e. The Morgan fingerprint density at radius 1 is 1.19 bits per heavy atom. The third kappa shape index (κ3) is 5.56. The summed E-state index contributed by atoms with van der Waals surface area (Å²) in [6.45, 7) is 4.28. The number of hydrogen-bond donors (Lipinski definition) is 2. The molecule has 7 heteroatoms. The molecule has 0 bridgehead atoms. The highest BCUT2D eigenvalue weighted by molar-refractivity contribution is 5.77. The van der Waals surface area contributed by atoms with E-state index in [1.165, 1.54) is 23.8 Å². The van der Waals surface area contributed by atoms with Gasteiger partial charge in [-0.15, -0.1) is 0 Å². The van der Waals surface area contributed by atoms with Crippen molar-refractivity contribution in [3.63, 3.8) is 0 Å². The summed E-state index contributed by atoms with van der Waals surface area (Å²) in [6.07, 6.45) is 0. The first-order valence-corrected chi connectivity index (χ1v) is 8.36. The molecule has 0 aromatic heterocycles. The van der Waals surface area contributed by atoms with Gasteiger partial charge in [0.15, 0.2) is 6.61 Å². The molecule has 3 N–H and O–H groups in total. The molecule has 0 radical (unpaired) electrons. The topological polar surface area (TPSA) is 107 Å². The predicted molar refractivity (Wildman–Crippen MR) is 99.1 cm³/mol. The Labute approximate surface area is 152 Å². The molecule has 0 spiro atoms. The number of carbonyl (C=O) groups excluding carboxylic acids is 1. The Kier molecular flexibility index (Phi) is 6.68. The molecule has 1 amide bonds. The molecule has 2 aromatic carbocycles. The van der Waals surface area contributed by atoms with Crippen LogP contribution in [0.4, 0.5) is 5.69 Å². The monoisotopic (exact) mass is 357 g/mol. The maximum atomic E-state index is 11.9. The van der Waals surface area contributed by atoms with Crippen molar-refractivity contribution in [2.24, 2.45) is 5.73 Å². The third-order valence-corrected chi connectivity index (χ3v) is 3.95. The van der Waals surface area contributed by atoms with Gasteiger partial charge in [0.2, 0.25) is 0 Å². The highest BCUT2D eigenvalue weighted by atomic mass is 16.6. The summed E-state index contributed by atoms with van der Waals surface area (Å²) in [5.41, 5.74) is 8.18. The van der Waals surface area contributed by atoms with E-state index in [9.17, 15) is 14.9 Å². The average molecular weight is 357 g/mol. The fourth-order valence-electron chi connectivity index (χ4n) is 2.36. The van der Waals surface area contributed by atoms with Crippen LogP contribution in [0.1, 0.15) is 36.9 Å². The second-order valence-corrected chi connectivity index (χ2v) is 6.28. The van der Waals surface area contributed by atoms with Gasteiger partial charge in [-0.25, -0.2) is 0 Å². The van der Waals surface area contributed by atoms with Crippen LogP contribution in [0.5, 0.6) is 5.75 Å². The summed E-state index contributed by atoms with van der Waals surface area (Å²) in [5.74, 6) is 0.375. The Balaban J connectivity index is 1.81. The molecule has 0 saturated heterocycles. The zero-order valence-electron chi connectivity index (χ0n) is 14.8. The molecule has 1 unspecified atom stereocenters. The second-order valence-electron chi connectivity index (χ2n) is 6.28. The van der Waals surface area contributed by atoms with E-state index in [4.69, 9.17) is 10.5 Å². The molecular weight excluding hydrogens is 334 g/mol. The minimum Gasteiger partial charge on any atom is -0.484 e. The first kappa shape index (κ1) is 19.4. The van der Waals surface area contributed by atoms with Gasteiger partial charge in [-0.05, 0) is 23.1 Å². The lowest BCUT2D eigenvalue weighted by molar-refractivity contribution is -0.384. The number of rotatable bonds is 8. The van der Waals surface area contributed by atoms with Gasteiger partial charge < -0.3 is 15.8 Å². The first-order valence-electron chi connectivity index (χ1n) is 8.36. The number of nitro groups is 1. The molecular formula is C19H23N3O4. The number of nitrogens with two attached hydrogens (primary N) is 1. The molecule has 26 heavy (non-hydrogen) atoms. The molecule has 2 rings (SSSR count). The summed E-state index contributed by atoms with van der Waals surface area (Å²) in [6, 6.07) is 13.4.